The third-order valence-corrected chi connectivity index (χ3v) is 3.71. The van der Waals surface area contributed by atoms with Gasteiger partial charge in [-0.05, 0) is 43.0 Å². The standard InChI is InChI=1S/C13H16N2O3/c1-8-5-10-11(18-7-17-10)6-9(8)13(3-4-13)12(16)15(2)14/h5-6H,3-4,7,14H2,1-2H3. The summed E-state index contributed by atoms with van der Waals surface area (Å²) < 4.78 is 10.7. The summed E-state index contributed by atoms with van der Waals surface area (Å²) in [6, 6.07) is 3.85. The molecule has 1 heterocycles. The maximum Gasteiger partial charge on any atom is 0.246 e. The molecule has 3 rings (SSSR count). The zero-order valence-electron chi connectivity index (χ0n) is 10.5. The molecule has 1 amide bonds. The van der Waals surface area contributed by atoms with Crippen LogP contribution >= 0.6 is 0 Å². The molecule has 0 radical (unpaired) electrons. The molecule has 1 saturated carbocycles. The molecule has 96 valence electrons. The van der Waals surface area contributed by atoms with Gasteiger partial charge in [0.05, 0.1) is 5.41 Å². The molecule has 0 bridgehead atoms. The van der Waals surface area contributed by atoms with Crippen LogP contribution in [0.3, 0.4) is 0 Å². The summed E-state index contributed by atoms with van der Waals surface area (Å²) in [5, 5.41) is 1.18. The van der Waals surface area contributed by atoms with Crippen LogP contribution in [0.5, 0.6) is 11.5 Å². The van der Waals surface area contributed by atoms with Crippen molar-refractivity contribution in [2.75, 3.05) is 13.8 Å². The Hall–Kier alpha value is -1.75. The summed E-state index contributed by atoms with van der Waals surface area (Å²) in [6.45, 7) is 2.23. The van der Waals surface area contributed by atoms with E-state index < -0.39 is 5.41 Å². The molecule has 2 aliphatic rings. The molecule has 1 aliphatic heterocycles. The number of amides is 1. The lowest BCUT2D eigenvalue weighted by Crippen LogP contribution is -2.41. The van der Waals surface area contributed by atoms with E-state index in [4.69, 9.17) is 15.3 Å². The number of carbonyl (C=O) groups excluding carboxylic acids is 1. The lowest BCUT2D eigenvalue weighted by atomic mass is 9.90. The Morgan fingerprint density at radius 3 is 2.50 bits per heavy atom. The first-order chi connectivity index (χ1) is 8.54. The molecule has 0 spiro atoms. The largest absolute Gasteiger partial charge is 0.454 e. The van der Waals surface area contributed by atoms with E-state index in [1.807, 2.05) is 19.1 Å². The second-order valence-electron chi connectivity index (χ2n) is 5.02. The van der Waals surface area contributed by atoms with Crippen LogP contribution in [0.2, 0.25) is 0 Å². The molecule has 0 unspecified atom stereocenters. The van der Waals surface area contributed by atoms with E-state index in [0.717, 1.165) is 29.7 Å². The molecule has 1 aliphatic carbocycles. The molecule has 1 aromatic carbocycles. The predicted molar refractivity (Wildman–Crippen MR) is 65.2 cm³/mol. The summed E-state index contributed by atoms with van der Waals surface area (Å²) in [5.41, 5.74) is 1.61. The van der Waals surface area contributed by atoms with Crippen molar-refractivity contribution in [1.82, 2.24) is 5.01 Å². The zero-order valence-corrected chi connectivity index (χ0v) is 10.5. The van der Waals surface area contributed by atoms with Crippen LogP contribution in [0.15, 0.2) is 12.1 Å². The molecule has 1 aromatic rings. The fourth-order valence-corrected chi connectivity index (χ4v) is 2.62. The fraction of sp³-hybridized carbons (Fsp3) is 0.462. The van der Waals surface area contributed by atoms with Gasteiger partial charge in [-0.15, -0.1) is 0 Å². The first kappa shape index (κ1) is 11.3. The number of likely N-dealkylation sites (N-methyl/N-ethyl adjacent to an activating group) is 1. The number of fused-ring (bicyclic) bond motifs is 1. The topological polar surface area (TPSA) is 64.8 Å². The molecule has 0 aromatic heterocycles. The minimum atomic E-state index is -0.450. The van der Waals surface area contributed by atoms with Crippen molar-refractivity contribution in [3.05, 3.63) is 23.3 Å². The minimum absolute atomic E-state index is 0.0375. The first-order valence-electron chi connectivity index (χ1n) is 5.98. The maximum absolute atomic E-state index is 12.2. The highest BCUT2D eigenvalue weighted by molar-refractivity contribution is 5.91. The van der Waals surface area contributed by atoms with Gasteiger partial charge in [-0.2, -0.15) is 0 Å². The Morgan fingerprint density at radius 2 is 1.94 bits per heavy atom. The molecule has 2 N–H and O–H groups in total. The molecule has 5 heteroatoms. The van der Waals surface area contributed by atoms with Crippen LogP contribution < -0.4 is 15.3 Å². The van der Waals surface area contributed by atoms with Crippen molar-refractivity contribution >= 4 is 5.91 Å². The number of benzene rings is 1. The monoisotopic (exact) mass is 248 g/mol. The van der Waals surface area contributed by atoms with Crippen molar-refractivity contribution in [3.8, 4) is 11.5 Å². The Balaban J connectivity index is 2.05. The second kappa shape index (κ2) is 3.62. The summed E-state index contributed by atoms with van der Waals surface area (Å²) >= 11 is 0. The van der Waals surface area contributed by atoms with Crippen molar-refractivity contribution in [3.63, 3.8) is 0 Å². The number of nitrogens with zero attached hydrogens (tertiary/aromatic N) is 1. The van der Waals surface area contributed by atoms with Crippen LogP contribution in [0.4, 0.5) is 0 Å². The van der Waals surface area contributed by atoms with Crippen molar-refractivity contribution in [2.24, 2.45) is 5.84 Å². The van der Waals surface area contributed by atoms with E-state index >= 15 is 0 Å². The van der Waals surface area contributed by atoms with Gasteiger partial charge < -0.3 is 9.47 Å². The van der Waals surface area contributed by atoms with Gasteiger partial charge in [-0.1, -0.05) is 0 Å². The molecule has 0 atom stereocenters. The van der Waals surface area contributed by atoms with Crippen molar-refractivity contribution < 1.29 is 14.3 Å². The van der Waals surface area contributed by atoms with E-state index in [0.29, 0.717) is 5.75 Å². The van der Waals surface area contributed by atoms with Crippen LogP contribution in [-0.4, -0.2) is 24.8 Å². The molecule has 18 heavy (non-hydrogen) atoms. The van der Waals surface area contributed by atoms with Gasteiger partial charge in [0.1, 0.15) is 0 Å². The SMILES string of the molecule is Cc1cc2c(cc1C1(C(=O)N(C)N)CC1)OCO2. The molecular formula is C13H16N2O3. The Bertz CT molecular complexity index is 521. The maximum atomic E-state index is 12.2. The third kappa shape index (κ3) is 1.47. The highest BCUT2D eigenvalue weighted by Gasteiger charge is 2.53. The van der Waals surface area contributed by atoms with E-state index in [-0.39, 0.29) is 12.7 Å². The highest BCUT2D eigenvalue weighted by Crippen LogP contribution is 2.52. The van der Waals surface area contributed by atoms with Gasteiger partial charge in [0, 0.05) is 7.05 Å². The molecule has 1 fully saturated rings. The third-order valence-electron chi connectivity index (χ3n) is 3.71. The predicted octanol–water partition coefficient (Wildman–Crippen LogP) is 1.09. The number of hydrogen-bond acceptors (Lipinski definition) is 4. The summed E-state index contributed by atoms with van der Waals surface area (Å²) in [4.78, 5) is 12.2. The second-order valence-corrected chi connectivity index (χ2v) is 5.02. The average Bonchev–Trinajstić information content (AvgIpc) is 3.01. The minimum Gasteiger partial charge on any atom is -0.454 e. The average molecular weight is 248 g/mol. The number of aryl methyl sites for hydroxylation is 1. The number of nitrogens with two attached hydrogens (primary N) is 1. The van der Waals surface area contributed by atoms with Crippen LogP contribution in [0.25, 0.3) is 0 Å². The van der Waals surface area contributed by atoms with Crippen molar-refractivity contribution in [1.29, 1.82) is 0 Å². The first-order valence-corrected chi connectivity index (χ1v) is 5.98. The van der Waals surface area contributed by atoms with E-state index in [2.05, 4.69) is 0 Å². The van der Waals surface area contributed by atoms with Gasteiger partial charge in [-0.3, -0.25) is 9.80 Å². The summed E-state index contributed by atoms with van der Waals surface area (Å²) in [7, 11) is 1.59. The van der Waals surface area contributed by atoms with E-state index in [9.17, 15) is 4.79 Å². The summed E-state index contributed by atoms with van der Waals surface area (Å²) in [5.74, 6) is 7.02. The normalized spacial score (nSPS) is 18.6. The molecular weight excluding hydrogens is 232 g/mol. The number of ether oxygens (including phenoxy) is 2. The number of hydrogen-bond donors (Lipinski definition) is 1. The van der Waals surface area contributed by atoms with Gasteiger partial charge in [0.15, 0.2) is 11.5 Å². The van der Waals surface area contributed by atoms with Crippen molar-refractivity contribution in [2.45, 2.75) is 25.2 Å². The molecule has 5 nitrogen and oxygen atoms in total. The van der Waals surface area contributed by atoms with Gasteiger partial charge in [-0.25, -0.2) is 5.84 Å². The smallest absolute Gasteiger partial charge is 0.246 e. The van der Waals surface area contributed by atoms with E-state index in [1.54, 1.807) is 7.05 Å². The summed E-state index contributed by atoms with van der Waals surface area (Å²) in [6.07, 6.45) is 1.68. The number of rotatable bonds is 2. The highest BCUT2D eigenvalue weighted by atomic mass is 16.7. The molecule has 0 saturated heterocycles. The van der Waals surface area contributed by atoms with E-state index in [1.165, 1.54) is 5.01 Å². The fourth-order valence-electron chi connectivity index (χ4n) is 2.62. The lowest BCUT2D eigenvalue weighted by molar-refractivity contribution is -0.132. The Morgan fingerprint density at radius 1 is 1.33 bits per heavy atom. The van der Waals surface area contributed by atoms with Gasteiger partial charge in [0.25, 0.3) is 0 Å². The Kier molecular flexibility index (Phi) is 2.28. The van der Waals surface area contributed by atoms with Crippen LogP contribution in [0.1, 0.15) is 24.0 Å². The number of carbonyl (C=O) groups is 1. The van der Waals surface area contributed by atoms with Crippen LogP contribution in [0, 0.1) is 6.92 Å². The van der Waals surface area contributed by atoms with Crippen LogP contribution in [-0.2, 0) is 10.2 Å². The number of hydrazine groups is 1. The van der Waals surface area contributed by atoms with Gasteiger partial charge >= 0.3 is 0 Å². The Labute approximate surface area is 105 Å². The quantitative estimate of drug-likeness (QED) is 0.483. The van der Waals surface area contributed by atoms with Gasteiger partial charge in [0.2, 0.25) is 12.7 Å². The lowest BCUT2D eigenvalue weighted by Gasteiger charge is -2.21. The zero-order chi connectivity index (χ0) is 12.9.